The average Bonchev–Trinajstić information content (AvgIpc) is 3.29. The second kappa shape index (κ2) is 8.14. The summed E-state index contributed by atoms with van der Waals surface area (Å²) < 4.78 is 15.5. The first-order valence-electron chi connectivity index (χ1n) is 8.71. The number of fused-ring (bicyclic) bond motifs is 1. The van der Waals surface area contributed by atoms with Gasteiger partial charge in [0.25, 0.3) is 0 Å². The van der Waals surface area contributed by atoms with Crippen LogP contribution in [0.2, 0.25) is 5.02 Å². The Kier molecular flexibility index (Phi) is 5.58. The third-order valence-electron chi connectivity index (χ3n) is 4.15. The van der Waals surface area contributed by atoms with Gasteiger partial charge < -0.3 is 5.32 Å². The first kappa shape index (κ1) is 19.9. The zero-order chi connectivity index (χ0) is 20.5. The molecule has 0 spiro atoms. The number of thioether (sulfide) groups is 1. The molecule has 29 heavy (non-hydrogen) atoms. The highest BCUT2D eigenvalue weighted by Crippen LogP contribution is 2.34. The molecule has 0 unspecified atom stereocenters. The number of aromatic nitrogens is 3. The van der Waals surface area contributed by atoms with Gasteiger partial charge in [0.05, 0.1) is 26.7 Å². The summed E-state index contributed by atoms with van der Waals surface area (Å²) in [4.78, 5) is 17.9. The molecule has 9 heteroatoms. The Morgan fingerprint density at radius 3 is 2.72 bits per heavy atom. The topological polar surface area (TPSA) is 59.8 Å². The summed E-state index contributed by atoms with van der Waals surface area (Å²) in [5.41, 5.74) is 2.61. The number of carbonyl (C=O) groups is 1. The highest BCUT2D eigenvalue weighted by molar-refractivity contribution is 8.00. The summed E-state index contributed by atoms with van der Waals surface area (Å²) in [5.74, 6) is 0.251. The number of hydrogen-bond donors (Lipinski definition) is 1. The molecule has 0 radical (unpaired) electrons. The second-order valence-corrected chi connectivity index (χ2v) is 8.85. The average molecular weight is 447 g/mol. The van der Waals surface area contributed by atoms with Crippen LogP contribution in [0, 0.1) is 19.7 Å². The van der Waals surface area contributed by atoms with Gasteiger partial charge in [-0.25, -0.2) is 9.37 Å². The minimum Gasteiger partial charge on any atom is -0.310 e. The van der Waals surface area contributed by atoms with Crippen molar-refractivity contribution >= 4 is 56.6 Å². The molecule has 4 rings (SSSR count). The van der Waals surface area contributed by atoms with E-state index in [9.17, 15) is 9.18 Å². The Morgan fingerprint density at radius 2 is 2.00 bits per heavy atom. The van der Waals surface area contributed by atoms with E-state index in [2.05, 4.69) is 15.4 Å². The largest absolute Gasteiger partial charge is 0.310 e. The van der Waals surface area contributed by atoms with Crippen LogP contribution in [0.25, 0.3) is 15.3 Å². The lowest BCUT2D eigenvalue weighted by Crippen LogP contribution is -2.16. The molecule has 0 aliphatic rings. The zero-order valence-corrected chi connectivity index (χ0v) is 18.0. The van der Waals surface area contributed by atoms with Crippen molar-refractivity contribution in [1.29, 1.82) is 0 Å². The Labute approximate surface area is 179 Å². The van der Waals surface area contributed by atoms with Crippen molar-refractivity contribution in [2.75, 3.05) is 11.1 Å². The van der Waals surface area contributed by atoms with Crippen LogP contribution in [-0.2, 0) is 4.79 Å². The van der Waals surface area contributed by atoms with Crippen LogP contribution in [0.3, 0.4) is 0 Å². The van der Waals surface area contributed by atoms with Gasteiger partial charge in [0.15, 0.2) is 0 Å². The fraction of sp³-hybridized carbons (Fsp3) is 0.150. The number of nitrogens with zero attached hydrogens (tertiary/aromatic N) is 3. The lowest BCUT2D eigenvalue weighted by molar-refractivity contribution is -0.113. The lowest BCUT2D eigenvalue weighted by atomic mass is 10.2. The number of nitrogens with one attached hydrogen (secondary N) is 1. The standard InChI is InChI=1S/C20H16ClFN4OS2/c1-11-3-8-15(21)19-18(11)24-20(29-19)26-16(9-12(2)25-26)23-17(27)10-28-14-6-4-13(22)5-7-14/h3-9H,10H2,1-2H3,(H,23,27). The Balaban J connectivity index is 1.55. The molecular formula is C20H16ClFN4OS2. The number of carbonyl (C=O) groups excluding carboxylic acids is 1. The molecule has 2 heterocycles. The summed E-state index contributed by atoms with van der Waals surface area (Å²) in [6, 6.07) is 11.6. The van der Waals surface area contributed by atoms with Gasteiger partial charge in [-0.15, -0.1) is 11.8 Å². The van der Waals surface area contributed by atoms with E-state index in [4.69, 9.17) is 11.6 Å². The first-order chi connectivity index (χ1) is 13.9. The monoisotopic (exact) mass is 446 g/mol. The van der Waals surface area contributed by atoms with Crippen molar-refractivity contribution in [3.63, 3.8) is 0 Å². The minimum atomic E-state index is -0.302. The van der Waals surface area contributed by atoms with E-state index in [1.807, 2.05) is 26.0 Å². The van der Waals surface area contributed by atoms with Crippen LogP contribution < -0.4 is 5.32 Å². The molecular weight excluding hydrogens is 431 g/mol. The smallest absolute Gasteiger partial charge is 0.235 e. The van der Waals surface area contributed by atoms with Crippen molar-refractivity contribution in [2.45, 2.75) is 18.7 Å². The van der Waals surface area contributed by atoms with Crippen LogP contribution >= 0.6 is 34.7 Å². The third kappa shape index (κ3) is 4.29. The van der Waals surface area contributed by atoms with Gasteiger partial charge in [-0.05, 0) is 49.7 Å². The minimum absolute atomic E-state index is 0.184. The van der Waals surface area contributed by atoms with E-state index in [0.29, 0.717) is 16.0 Å². The molecule has 0 saturated heterocycles. The van der Waals surface area contributed by atoms with Crippen LogP contribution in [0.4, 0.5) is 10.2 Å². The number of benzene rings is 2. The van der Waals surface area contributed by atoms with Crippen LogP contribution in [-0.4, -0.2) is 26.4 Å². The third-order valence-corrected chi connectivity index (χ3v) is 6.65. The van der Waals surface area contributed by atoms with Crippen molar-refractivity contribution in [3.05, 3.63) is 64.6 Å². The maximum Gasteiger partial charge on any atom is 0.235 e. The lowest BCUT2D eigenvalue weighted by Gasteiger charge is -2.06. The van der Waals surface area contributed by atoms with Gasteiger partial charge in [-0.2, -0.15) is 9.78 Å². The summed E-state index contributed by atoms with van der Waals surface area (Å²) in [7, 11) is 0. The van der Waals surface area contributed by atoms with E-state index >= 15 is 0 Å². The highest BCUT2D eigenvalue weighted by atomic mass is 35.5. The SMILES string of the molecule is Cc1cc(NC(=O)CSc2ccc(F)cc2)n(-c2nc3c(C)ccc(Cl)c3s2)n1. The molecule has 5 nitrogen and oxygen atoms in total. The molecule has 2 aromatic carbocycles. The first-order valence-corrected chi connectivity index (χ1v) is 10.9. The molecule has 2 aromatic heterocycles. The molecule has 4 aromatic rings. The predicted octanol–water partition coefficient (Wildman–Crippen LogP) is 5.62. The van der Waals surface area contributed by atoms with E-state index in [0.717, 1.165) is 26.4 Å². The molecule has 0 atom stereocenters. The van der Waals surface area contributed by atoms with E-state index < -0.39 is 0 Å². The molecule has 0 fully saturated rings. The number of amides is 1. The van der Waals surface area contributed by atoms with Crippen molar-refractivity contribution in [1.82, 2.24) is 14.8 Å². The Hall–Kier alpha value is -2.42. The number of thiazole rings is 1. The summed E-state index contributed by atoms with van der Waals surface area (Å²) in [5, 5.41) is 8.63. The fourth-order valence-electron chi connectivity index (χ4n) is 2.77. The summed E-state index contributed by atoms with van der Waals surface area (Å²) in [6.45, 7) is 3.83. The molecule has 0 saturated carbocycles. The number of rotatable bonds is 5. The number of aryl methyl sites for hydroxylation is 2. The van der Waals surface area contributed by atoms with Crippen molar-refractivity contribution in [2.24, 2.45) is 0 Å². The predicted molar refractivity (Wildman–Crippen MR) is 117 cm³/mol. The molecule has 148 valence electrons. The highest BCUT2D eigenvalue weighted by Gasteiger charge is 2.16. The maximum absolute atomic E-state index is 13.0. The van der Waals surface area contributed by atoms with Gasteiger partial charge >= 0.3 is 0 Å². The van der Waals surface area contributed by atoms with Gasteiger partial charge in [0, 0.05) is 11.0 Å². The molecule has 0 aliphatic heterocycles. The van der Waals surface area contributed by atoms with Gasteiger partial charge in [-0.3, -0.25) is 4.79 Å². The molecule has 0 aliphatic carbocycles. The summed E-state index contributed by atoms with van der Waals surface area (Å²) in [6.07, 6.45) is 0. The van der Waals surface area contributed by atoms with Crippen LogP contribution in [0.1, 0.15) is 11.3 Å². The zero-order valence-electron chi connectivity index (χ0n) is 15.6. The Bertz CT molecular complexity index is 1160. The van der Waals surface area contributed by atoms with E-state index in [-0.39, 0.29) is 17.5 Å². The maximum atomic E-state index is 13.0. The number of anilines is 1. The fourth-order valence-corrected chi connectivity index (χ4v) is 4.75. The number of halogens is 2. The van der Waals surface area contributed by atoms with Gasteiger partial charge in [-0.1, -0.05) is 29.0 Å². The molecule has 0 bridgehead atoms. The van der Waals surface area contributed by atoms with E-state index in [1.165, 1.54) is 35.2 Å². The van der Waals surface area contributed by atoms with E-state index in [1.54, 1.807) is 22.9 Å². The normalized spacial score (nSPS) is 11.2. The van der Waals surface area contributed by atoms with Crippen LogP contribution in [0.15, 0.2) is 47.4 Å². The number of hydrogen-bond acceptors (Lipinski definition) is 5. The molecule has 1 N–H and O–H groups in total. The van der Waals surface area contributed by atoms with Crippen LogP contribution in [0.5, 0.6) is 0 Å². The van der Waals surface area contributed by atoms with Crippen molar-refractivity contribution in [3.8, 4) is 5.13 Å². The van der Waals surface area contributed by atoms with Crippen molar-refractivity contribution < 1.29 is 9.18 Å². The van der Waals surface area contributed by atoms with Gasteiger partial charge in [0.2, 0.25) is 11.0 Å². The second-order valence-electron chi connectivity index (χ2n) is 6.41. The molecule has 1 amide bonds. The quantitative estimate of drug-likeness (QED) is 0.404. The Morgan fingerprint density at radius 1 is 1.24 bits per heavy atom. The summed E-state index contributed by atoms with van der Waals surface area (Å²) >= 11 is 9.07. The van der Waals surface area contributed by atoms with Gasteiger partial charge in [0.1, 0.15) is 11.6 Å².